The van der Waals surface area contributed by atoms with Crippen molar-refractivity contribution in [3.63, 3.8) is 0 Å². The fraction of sp³-hybridized carbons (Fsp3) is 0.400. The van der Waals surface area contributed by atoms with Crippen molar-refractivity contribution in [1.29, 1.82) is 5.26 Å². The van der Waals surface area contributed by atoms with Crippen molar-refractivity contribution >= 4 is 17.5 Å². The zero-order valence-electron chi connectivity index (χ0n) is 22.8. The first kappa shape index (κ1) is 26.3. The summed E-state index contributed by atoms with van der Waals surface area (Å²) >= 11 is 0. The highest BCUT2D eigenvalue weighted by Gasteiger charge is 2.41. The summed E-state index contributed by atoms with van der Waals surface area (Å²) in [5, 5.41) is 12.5. The number of anilines is 1. The number of pyridine rings is 1. The number of aromatic nitrogens is 2. The average molecular weight is 528 g/mol. The summed E-state index contributed by atoms with van der Waals surface area (Å²) in [4.78, 5) is 41.4. The van der Waals surface area contributed by atoms with Crippen LogP contribution in [-0.4, -0.2) is 45.0 Å². The van der Waals surface area contributed by atoms with Gasteiger partial charge in [0.05, 0.1) is 24.4 Å². The first-order chi connectivity index (χ1) is 18.7. The quantitative estimate of drug-likeness (QED) is 0.518. The number of likely N-dealkylation sites (tertiary alicyclic amines) is 1. The van der Waals surface area contributed by atoms with E-state index in [-0.39, 0.29) is 17.2 Å². The average Bonchev–Trinajstić information content (AvgIpc) is 3.51. The van der Waals surface area contributed by atoms with Gasteiger partial charge in [0.15, 0.2) is 0 Å². The van der Waals surface area contributed by atoms with E-state index in [4.69, 9.17) is 4.74 Å². The minimum absolute atomic E-state index is 0.130. The zero-order valence-corrected chi connectivity index (χ0v) is 22.8. The van der Waals surface area contributed by atoms with Crippen LogP contribution in [0.15, 0.2) is 41.3 Å². The summed E-state index contributed by atoms with van der Waals surface area (Å²) in [5.74, 6) is -0.152. The maximum absolute atomic E-state index is 13.8. The van der Waals surface area contributed by atoms with Gasteiger partial charge in [-0.05, 0) is 74.1 Å². The number of nitriles is 1. The Labute approximate surface area is 227 Å². The second kappa shape index (κ2) is 10.1. The van der Waals surface area contributed by atoms with Crippen LogP contribution in [0, 0.1) is 11.3 Å². The number of nitrogens with zero attached hydrogens (tertiary/aromatic N) is 4. The van der Waals surface area contributed by atoms with Crippen LogP contribution in [-0.2, 0) is 26.4 Å². The number of fused-ring (bicyclic) bond motifs is 3. The summed E-state index contributed by atoms with van der Waals surface area (Å²) in [5.41, 5.74) is 3.81. The van der Waals surface area contributed by atoms with E-state index in [2.05, 4.69) is 18.3 Å². The van der Waals surface area contributed by atoms with Gasteiger partial charge in [0.1, 0.15) is 22.7 Å². The number of carbonyl (C=O) groups is 2. The fourth-order valence-electron chi connectivity index (χ4n) is 5.85. The molecule has 9 heteroatoms. The van der Waals surface area contributed by atoms with E-state index in [1.807, 2.05) is 29.7 Å². The predicted molar refractivity (Wildman–Crippen MR) is 148 cm³/mol. The summed E-state index contributed by atoms with van der Waals surface area (Å²) < 4.78 is 9.04. The molecule has 0 unspecified atom stereocenters. The Morgan fingerprint density at radius 1 is 1.23 bits per heavy atom. The molecule has 0 spiro atoms. The van der Waals surface area contributed by atoms with Crippen molar-refractivity contribution in [3.8, 4) is 23.1 Å². The molecular weight excluding hydrogens is 494 g/mol. The lowest BCUT2D eigenvalue weighted by Crippen LogP contribution is -2.44. The first-order valence-corrected chi connectivity index (χ1v) is 13.4. The molecule has 0 saturated carbocycles. The molecule has 39 heavy (non-hydrogen) atoms. The number of rotatable bonds is 6. The Morgan fingerprint density at radius 2 is 2.03 bits per heavy atom. The maximum atomic E-state index is 13.8. The van der Waals surface area contributed by atoms with Gasteiger partial charge in [-0.2, -0.15) is 5.26 Å². The number of aryl methyl sites for hydroxylation is 3. The molecule has 2 aliphatic heterocycles. The van der Waals surface area contributed by atoms with Crippen molar-refractivity contribution in [2.75, 3.05) is 19.0 Å². The monoisotopic (exact) mass is 527 g/mol. The topological polar surface area (TPSA) is 109 Å². The summed E-state index contributed by atoms with van der Waals surface area (Å²) in [6.07, 6.45) is 5.41. The third-order valence-corrected chi connectivity index (χ3v) is 7.94. The molecule has 2 aliphatic rings. The van der Waals surface area contributed by atoms with Crippen LogP contribution >= 0.6 is 0 Å². The normalized spacial score (nSPS) is 17.8. The van der Waals surface area contributed by atoms with Crippen molar-refractivity contribution in [2.24, 2.45) is 7.05 Å². The van der Waals surface area contributed by atoms with Gasteiger partial charge in [0, 0.05) is 31.9 Å². The van der Waals surface area contributed by atoms with Gasteiger partial charge in [-0.15, -0.1) is 0 Å². The number of methoxy groups -OCH3 is 1. The molecule has 0 aliphatic carbocycles. The van der Waals surface area contributed by atoms with E-state index in [9.17, 15) is 19.6 Å². The molecule has 2 aromatic heterocycles. The Balaban J connectivity index is 1.60. The highest BCUT2D eigenvalue weighted by molar-refractivity contribution is 6.07. The Morgan fingerprint density at radius 3 is 2.74 bits per heavy atom. The Kier molecular flexibility index (Phi) is 6.81. The molecule has 2 amide bonds. The molecule has 3 aromatic rings. The molecule has 1 aromatic carbocycles. The lowest BCUT2D eigenvalue weighted by molar-refractivity contribution is 0.0681. The number of ether oxygens (including phenoxy) is 1. The lowest BCUT2D eigenvalue weighted by atomic mass is 9.92. The molecule has 5 rings (SSSR count). The van der Waals surface area contributed by atoms with Crippen LogP contribution in [0.25, 0.3) is 11.3 Å². The number of nitrogens with one attached hydrogen (secondary N) is 1. The van der Waals surface area contributed by atoms with Crippen LogP contribution in [0.1, 0.15) is 65.1 Å². The Hall–Kier alpha value is -4.32. The predicted octanol–water partition coefficient (Wildman–Crippen LogP) is 4.14. The minimum Gasteiger partial charge on any atom is -0.496 e. The first-order valence-electron chi connectivity index (χ1n) is 13.4. The van der Waals surface area contributed by atoms with E-state index in [0.29, 0.717) is 42.9 Å². The molecule has 9 nitrogen and oxygen atoms in total. The third kappa shape index (κ3) is 4.40. The molecule has 1 N–H and O–H groups in total. The van der Waals surface area contributed by atoms with Crippen LogP contribution in [0.4, 0.5) is 5.69 Å². The second-order valence-corrected chi connectivity index (χ2v) is 10.5. The number of benzene rings is 1. The molecule has 0 radical (unpaired) electrons. The van der Waals surface area contributed by atoms with Crippen LogP contribution in [0.3, 0.4) is 0 Å². The van der Waals surface area contributed by atoms with Crippen LogP contribution in [0.2, 0.25) is 0 Å². The van der Waals surface area contributed by atoms with E-state index >= 15 is 0 Å². The summed E-state index contributed by atoms with van der Waals surface area (Å²) in [6, 6.07) is 11.3. The van der Waals surface area contributed by atoms with Crippen molar-refractivity contribution in [2.45, 2.75) is 58.0 Å². The highest BCUT2D eigenvalue weighted by atomic mass is 16.5. The van der Waals surface area contributed by atoms with E-state index in [0.717, 1.165) is 41.6 Å². The molecule has 1 fully saturated rings. The summed E-state index contributed by atoms with van der Waals surface area (Å²) in [7, 11) is 3.15. The highest BCUT2D eigenvalue weighted by Crippen LogP contribution is 2.40. The fourth-order valence-corrected chi connectivity index (χ4v) is 5.85. The SMILES string of the molecule is CCCc1cc(C(=O)N2CCC[C@]2(C)C#N)n2c1-c1cc(C(=O)Nc3cccn(C)c3=O)c(OC)cc1CC2. The second-order valence-electron chi connectivity index (χ2n) is 10.5. The largest absolute Gasteiger partial charge is 0.496 e. The van der Waals surface area contributed by atoms with Crippen LogP contribution in [0.5, 0.6) is 5.75 Å². The zero-order chi connectivity index (χ0) is 27.9. The van der Waals surface area contributed by atoms with Crippen molar-refractivity contribution < 1.29 is 14.3 Å². The van der Waals surface area contributed by atoms with Crippen molar-refractivity contribution in [1.82, 2.24) is 14.0 Å². The standard InChI is InChI=1S/C30H33N5O4/c1-5-8-20-15-24(29(38)35-13-7-11-30(35,2)18-31)34-14-10-19-16-25(39-4)22(17-21(19)26(20)34)27(36)32-23-9-6-12-33(3)28(23)37/h6,9,12,15-17H,5,7-8,10-11,13-14H2,1-4H3,(H,32,36)/t30-/m1/s1. The molecule has 1 atom stereocenters. The maximum Gasteiger partial charge on any atom is 0.274 e. The number of hydrogen-bond donors (Lipinski definition) is 1. The molecule has 202 valence electrons. The lowest BCUT2D eigenvalue weighted by Gasteiger charge is -2.30. The van der Waals surface area contributed by atoms with Gasteiger partial charge in [-0.3, -0.25) is 14.4 Å². The molecular formula is C30H33N5O4. The third-order valence-electron chi connectivity index (χ3n) is 7.94. The Bertz CT molecular complexity index is 1580. The van der Waals surface area contributed by atoms with Gasteiger partial charge in [0.2, 0.25) is 0 Å². The molecule has 4 heterocycles. The number of hydrogen-bond acceptors (Lipinski definition) is 5. The minimum atomic E-state index is -0.813. The van der Waals surface area contributed by atoms with E-state index in [1.54, 1.807) is 30.3 Å². The summed E-state index contributed by atoms with van der Waals surface area (Å²) in [6.45, 7) is 5.09. The van der Waals surface area contributed by atoms with Gasteiger partial charge >= 0.3 is 0 Å². The van der Waals surface area contributed by atoms with Crippen molar-refractivity contribution in [3.05, 3.63) is 69.3 Å². The van der Waals surface area contributed by atoms with E-state index in [1.165, 1.54) is 11.7 Å². The molecule has 0 bridgehead atoms. The molecule has 1 saturated heterocycles. The van der Waals surface area contributed by atoms with Gasteiger partial charge < -0.3 is 24.1 Å². The van der Waals surface area contributed by atoms with Gasteiger partial charge in [-0.25, -0.2) is 0 Å². The van der Waals surface area contributed by atoms with E-state index < -0.39 is 11.4 Å². The smallest absolute Gasteiger partial charge is 0.274 e. The van der Waals surface area contributed by atoms with Gasteiger partial charge in [0.25, 0.3) is 17.4 Å². The van der Waals surface area contributed by atoms with Crippen LogP contribution < -0.4 is 15.6 Å². The number of amides is 2. The van der Waals surface area contributed by atoms with Gasteiger partial charge in [-0.1, -0.05) is 13.3 Å². The number of carbonyl (C=O) groups excluding carboxylic acids is 2.